The van der Waals surface area contributed by atoms with Crippen LogP contribution in [0.2, 0.25) is 5.02 Å². The molecule has 2 aromatic rings. The van der Waals surface area contributed by atoms with Crippen LogP contribution in [-0.2, 0) is 22.4 Å². The molecule has 1 atom stereocenters. The molecule has 1 aliphatic rings. The van der Waals surface area contributed by atoms with E-state index in [2.05, 4.69) is 5.32 Å². The molecule has 0 aliphatic heterocycles. The van der Waals surface area contributed by atoms with Crippen LogP contribution in [0.4, 0.5) is 5.00 Å². The van der Waals surface area contributed by atoms with Crippen molar-refractivity contribution in [3.8, 4) is 5.75 Å². The van der Waals surface area contributed by atoms with Gasteiger partial charge in [0, 0.05) is 9.90 Å². The highest BCUT2D eigenvalue weighted by molar-refractivity contribution is 7.17. The lowest BCUT2D eigenvalue weighted by Gasteiger charge is -2.18. The molecule has 28 heavy (non-hydrogen) atoms. The summed E-state index contributed by atoms with van der Waals surface area (Å²) in [6, 6.07) is 5.30. The molecule has 0 saturated heterocycles. The van der Waals surface area contributed by atoms with E-state index in [1.54, 1.807) is 12.1 Å². The van der Waals surface area contributed by atoms with Crippen molar-refractivity contribution in [3.63, 3.8) is 0 Å². The Morgan fingerprint density at radius 2 is 2.04 bits per heavy atom. The van der Waals surface area contributed by atoms with E-state index in [0.29, 0.717) is 27.8 Å². The van der Waals surface area contributed by atoms with Gasteiger partial charge in [0.1, 0.15) is 10.8 Å². The summed E-state index contributed by atoms with van der Waals surface area (Å²) in [5.74, 6) is -0.0987. The van der Waals surface area contributed by atoms with E-state index in [1.165, 1.54) is 18.4 Å². The minimum Gasteiger partial charge on any atom is -0.481 e. The number of ether oxygens (including phenoxy) is 2. The van der Waals surface area contributed by atoms with Gasteiger partial charge in [-0.2, -0.15) is 0 Å². The zero-order chi connectivity index (χ0) is 20.3. The van der Waals surface area contributed by atoms with Gasteiger partial charge < -0.3 is 14.8 Å². The average molecular weight is 422 g/mol. The molecule has 0 spiro atoms. The molecular weight excluding hydrogens is 398 g/mol. The lowest BCUT2D eigenvalue weighted by molar-refractivity contribution is -0.122. The van der Waals surface area contributed by atoms with Crippen LogP contribution in [0.5, 0.6) is 5.75 Å². The fourth-order valence-electron chi connectivity index (χ4n) is 3.34. The van der Waals surface area contributed by atoms with Crippen molar-refractivity contribution < 1.29 is 19.1 Å². The highest BCUT2D eigenvalue weighted by atomic mass is 35.5. The lowest BCUT2D eigenvalue weighted by atomic mass is 9.95. The molecular formula is C21H24ClNO4S. The van der Waals surface area contributed by atoms with E-state index in [9.17, 15) is 9.59 Å². The number of hydrogen-bond donors (Lipinski definition) is 1. The highest BCUT2D eigenvalue weighted by Crippen LogP contribution is 2.38. The van der Waals surface area contributed by atoms with Crippen molar-refractivity contribution in [1.82, 2.24) is 0 Å². The van der Waals surface area contributed by atoms with Gasteiger partial charge in [-0.15, -0.1) is 11.3 Å². The number of esters is 1. The number of nitrogens with one attached hydrogen (secondary N) is 1. The van der Waals surface area contributed by atoms with Gasteiger partial charge >= 0.3 is 5.97 Å². The number of hydrogen-bond acceptors (Lipinski definition) is 5. The second kappa shape index (κ2) is 8.97. The van der Waals surface area contributed by atoms with Gasteiger partial charge in [-0.1, -0.05) is 18.5 Å². The van der Waals surface area contributed by atoms with Gasteiger partial charge in [-0.25, -0.2) is 4.79 Å². The molecule has 0 fully saturated rings. The first-order chi connectivity index (χ1) is 13.4. The predicted octanol–water partition coefficient (Wildman–Crippen LogP) is 5.17. The largest absolute Gasteiger partial charge is 0.481 e. The van der Waals surface area contributed by atoms with Crippen LogP contribution in [0.15, 0.2) is 18.2 Å². The number of benzene rings is 1. The monoisotopic (exact) mass is 421 g/mol. The third kappa shape index (κ3) is 4.33. The minimum atomic E-state index is -0.676. The zero-order valence-electron chi connectivity index (χ0n) is 16.3. The molecule has 0 bridgehead atoms. The molecule has 0 radical (unpaired) electrons. The van der Waals surface area contributed by atoms with Gasteiger partial charge in [-0.05, 0) is 68.4 Å². The number of methoxy groups -OCH3 is 1. The Morgan fingerprint density at radius 3 is 2.71 bits per heavy atom. The maximum atomic E-state index is 12.9. The van der Waals surface area contributed by atoms with Crippen LogP contribution in [0, 0.1) is 6.92 Å². The SMILES string of the molecule is CCC(Oc1ccc(Cl)c(C)c1)C(=O)Nc1sc2c(c1C(=O)OC)CCCC2. The van der Waals surface area contributed by atoms with Crippen molar-refractivity contribution in [1.29, 1.82) is 0 Å². The standard InChI is InChI=1S/C21H24ClNO4S/c1-4-16(27-13-9-10-15(22)12(2)11-13)19(24)23-20-18(21(25)26-3)14-7-5-6-8-17(14)28-20/h9-11,16H,4-8H2,1-3H3,(H,23,24). The number of fused-ring (bicyclic) bond motifs is 1. The van der Waals surface area contributed by atoms with E-state index in [4.69, 9.17) is 21.1 Å². The number of thiophene rings is 1. The van der Waals surface area contributed by atoms with Crippen molar-refractivity contribution in [2.45, 2.75) is 52.1 Å². The Bertz CT molecular complexity index is 893. The first-order valence-corrected chi connectivity index (χ1v) is 10.6. The summed E-state index contributed by atoms with van der Waals surface area (Å²) in [5, 5.41) is 4.11. The molecule has 7 heteroatoms. The smallest absolute Gasteiger partial charge is 0.341 e. The molecule has 1 amide bonds. The number of carbonyl (C=O) groups is 2. The normalized spacial score (nSPS) is 14.1. The van der Waals surface area contributed by atoms with Gasteiger partial charge in [-0.3, -0.25) is 4.79 Å². The molecule has 1 N–H and O–H groups in total. The summed E-state index contributed by atoms with van der Waals surface area (Å²) in [6.45, 7) is 3.77. The molecule has 1 unspecified atom stereocenters. The summed E-state index contributed by atoms with van der Waals surface area (Å²) in [5.41, 5.74) is 2.39. The quantitative estimate of drug-likeness (QED) is 0.653. The average Bonchev–Trinajstić information content (AvgIpc) is 3.05. The van der Waals surface area contributed by atoms with Crippen molar-refractivity contribution in [2.75, 3.05) is 12.4 Å². The fraction of sp³-hybridized carbons (Fsp3) is 0.429. The topological polar surface area (TPSA) is 64.6 Å². The van der Waals surface area contributed by atoms with Crippen molar-refractivity contribution >= 4 is 39.8 Å². The van der Waals surface area contributed by atoms with E-state index >= 15 is 0 Å². The Hall–Kier alpha value is -2.05. The first kappa shape index (κ1) is 20.7. The van der Waals surface area contributed by atoms with Crippen LogP contribution >= 0.6 is 22.9 Å². The van der Waals surface area contributed by atoms with Crippen LogP contribution in [0.25, 0.3) is 0 Å². The Kier molecular flexibility index (Phi) is 6.62. The van der Waals surface area contributed by atoms with Crippen LogP contribution in [-0.4, -0.2) is 25.1 Å². The van der Waals surface area contributed by atoms with Gasteiger partial charge in [0.05, 0.1) is 12.7 Å². The van der Waals surface area contributed by atoms with E-state index in [0.717, 1.165) is 41.7 Å². The second-order valence-corrected chi connectivity index (χ2v) is 8.33. The molecule has 1 heterocycles. The summed E-state index contributed by atoms with van der Waals surface area (Å²) >= 11 is 7.52. The van der Waals surface area contributed by atoms with Crippen molar-refractivity contribution in [3.05, 3.63) is 44.8 Å². The number of amides is 1. The number of carbonyl (C=O) groups excluding carboxylic acids is 2. The Morgan fingerprint density at radius 1 is 1.29 bits per heavy atom. The van der Waals surface area contributed by atoms with Crippen LogP contribution in [0.3, 0.4) is 0 Å². The second-order valence-electron chi connectivity index (χ2n) is 6.82. The maximum Gasteiger partial charge on any atom is 0.341 e. The summed E-state index contributed by atoms with van der Waals surface area (Å²) in [6.07, 6.45) is 3.72. The minimum absolute atomic E-state index is 0.279. The Labute approximate surface area is 174 Å². The lowest BCUT2D eigenvalue weighted by Crippen LogP contribution is -2.32. The van der Waals surface area contributed by atoms with E-state index in [-0.39, 0.29) is 5.91 Å². The third-order valence-electron chi connectivity index (χ3n) is 4.87. The molecule has 150 valence electrons. The van der Waals surface area contributed by atoms with Gasteiger partial charge in [0.25, 0.3) is 5.91 Å². The molecule has 1 aromatic heterocycles. The number of halogens is 1. The van der Waals surface area contributed by atoms with E-state index < -0.39 is 12.1 Å². The third-order valence-corrected chi connectivity index (χ3v) is 6.50. The maximum absolute atomic E-state index is 12.9. The molecule has 0 saturated carbocycles. The zero-order valence-corrected chi connectivity index (χ0v) is 17.8. The fourth-order valence-corrected chi connectivity index (χ4v) is 4.74. The number of aryl methyl sites for hydroxylation is 2. The molecule has 5 nitrogen and oxygen atoms in total. The Balaban J connectivity index is 1.81. The van der Waals surface area contributed by atoms with Crippen LogP contribution < -0.4 is 10.1 Å². The number of rotatable bonds is 6. The summed E-state index contributed by atoms with van der Waals surface area (Å²) in [7, 11) is 1.36. The summed E-state index contributed by atoms with van der Waals surface area (Å²) < 4.78 is 10.8. The van der Waals surface area contributed by atoms with E-state index in [1.807, 2.05) is 19.9 Å². The van der Waals surface area contributed by atoms with Crippen LogP contribution in [0.1, 0.15) is 52.5 Å². The van der Waals surface area contributed by atoms with Gasteiger partial charge in [0.2, 0.25) is 0 Å². The molecule has 1 aliphatic carbocycles. The van der Waals surface area contributed by atoms with Crippen molar-refractivity contribution in [2.24, 2.45) is 0 Å². The van der Waals surface area contributed by atoms with Gasteiger partial charge in [0.15, 0.2) is 6.10 Å². The molecule has 1 aromatic carbocycles. The summed E-state index contributed by atoms with van der Waals surface area (Å²) in [4.78, 5) is 26.4. The first-order valence-electron chi connectivity index (χ1n) is 9.41. The number of anilines is 1. The molecule has 3 rings (SSSR count). The predicted molar refractivity (Wildman–Crippen MR) is 112 cm³/mol. The highest BCUT2D eigenvalue weighted by Gasteiger charge is 2.28.